The topological polar surface area (TPSA) is 36.9 Å². The number of benzene rings is 1. The summed E-state index contributed by atoms with van der Waals surface area (Å²) in [6, 6.07) is 6.66. The largest absolute Gasteiger partial charge is 0.484 e. The molecule has 7 heteroatoms. The zero-order valence-electron chi connectivity index (χ0n) is 14.1. The van der Waals surface area contributed by atoms with Gasteiger partial charge in [-0.25, -0.2) is 0 Å². The van der Waals surface area contributed by atoms with Crippen LogP contribution in [0.25, 0.3) is 0 Å². The van der Waals surface area contributed by atoms with E-state index in [0.717, 1.165) is 19.4 Å². The van der Waals surface area contributed by atoms with Gasteiger partial charge in [0.2, 0.25) is 0 Å². The number of nitrogens with one attached hydrogen (secondary N) is 1. The highest BCUT2D eigenvalue weighted by Crippen LogP contribution is 2.22. The summed E-state index contributed by atoms with van der Waals surface area (Å²) in [4.78, 5) is 6.14. The number of aliphatic imine (C=N–C) groups is 1. The molecule has 0 heterocycles. The first-order valence-electron chi connectivity index (χ1n) is 7.67. The number of rotatable bonds is 8. The lowest BCUT2D eigenvalue weighted by Crippen LogP contribution is -2.39. The molecule has 0 fully saturated rings. The monoisotopic (exact) mass is 343 g/mol. The lowest BCUT2D eigenvalue weighted by molar-refractivity contribution is -0.153. The van der Waals surface area contributed by atoms with Crippen molar-refractivity contribution in [3.05, 3.63) is 42.5 Å². The van der Waals surface area contributed by atoms with Gasteiger partial charge < -0.3 is 15.0 Å². The predicted molar refractivity (Wildman–Crippen MR) is 90.3 cm³/mol. The number of allylic oxidation sites excluding steroid dienone is 1. The van der Waals surface area contributed by atoms with Crippen molar-refractivity contribution in [2.75, 3.05) is 27.2 Å². The van der Waals surface area contributed by atoms with Crippen LogP contribution in [0.1, 0.15) is 18.4 Å². The minimum absolute atomic E-state index is 0.215. The summed E-state index contributed by atoms with van der Waals surface area (Å²) in [5, 5.41) is 3.14. The summed E-state index contributed by atoms with van der Waals surface area (Å²) >= 11 is 0. The minimum Gasteiger partial charge on any atom is -0.484 e. The van der Waals surface area contributed by atoms with Crippen molar-refractivity contribution in [2.24, 2.45) is 4.99 Å². The molecule has 0 aliphatic heterocycles. The van der Waals surface area contributed by atoms with Gasteiger partial charge in [-0.15, -0.1) is 6.58 Å². The molecule has 4 nitrogen and oxygen atoms in total. The van der Waals surface area contributed by atoms with Gasteiger partial charge in [0, 0.05) is 32.7 Å². The van der Waals surface area contributed by atoms with Crippen LogP contribution < -0.4 is 10.1 Å². The number of guanidine groups is 1. The quantitative estimate of drug-likeness (QED) is 0.339. The van der Waals surface area contributed by atoms with Gasteiger partial charge in [-0.05, 0) is 18.9 Å². The second-order valence-corrected chi connectivity index (χ2v) is 5.26. The summed E-state index contributed by atoms with van der Waals surface area (Å²) < 4.78 is 41.8. The van der Waals surface area contributed by atoms with Gasteiger partial charge in [-0.2, -0.15) is 13.2 Å². The predicted octanol–water partition coefficient (Wildman–Crippen LogP) is 3.60. The molecule has 0 radical (unpaired) electrons. The van der Waals surface area contributed by atoms with Crippen molar-refractivity contribution in [3.63, 3.8) is 0 Å². The number of ether oxygens (including phenoxy) is 1. The van der Waals surface area contributed by atoms with E-state index in [0.29, 0.717) is 18.1 Å². The SMILES string of the molecule is C=CCCCN(C)C(=NC)NCc1ccccc1OCC(F)(F)F. The van der Waals surface area contributed by atoms with Crippen LogP contribution in [0.3, 0.4) is 0 Å². The van der Waals surface area contributed by atoms with Gasteiger partial charge in [0.05, 0.1) is 0 Å². The highest BCUT2D eigenvalue weighted by atomic mass is 19.4. The van der Waals surface area contributed by atoms with E-state index < -0.39 is 12.8 Å². The first-order chi connectivity index (χ1) is 11.4. The Labute approximate surface area is 141 Å². The van der Waals surface area contributed by atoms with Gasteiger partial charge in [-0.1, -0.05) is 24.3 Å². The Morgan fingerprint density at radius 2 is 2.08 bits per heavy atom. The van der Waals surface area contributed by atoms with Crippen LogP contribution >= 0.6 is 0 Å². The van der Waals surface area contributed by atoms with Crippen LogP contribution in [-0.2, 0) is 6.54 Å². The maximum atomic E-state index is 12.3. The van der Waals surface area contributed by atoms with Crippen LogP contribution in [-0.4, -0.2) is 44.3 Å². The fourth-order valence-electron chi connectivity index (χ4n) is 2.09. The number of hydrogen-bond acceptors (Lipinski definition) is 2. The standard InChI is InChI=1S/C17H24F3N3O/c1-4-5-8-11-23(3)16(21-2)22-12-14-9-6-7-10-15(14)24-13-17(18,19)20/h4,6-7,9-10H,1,5,8,11-13H2,2-3H3,(H,21,22). The Kier molecular flexibility index (Phi) is 8.15. The van der Waals surface area contributed by atoms with Gasteiger partial charge >= 0.3 is 6.18 Å². The number of halogens is 3. The third-order valence-electron chi connectivity index (χ3n) is 3.28. The average Bonchev–Trinajstić information content (AvgIpc) is 2.54. The second kappa shape index (κ2) is 9.85. The van der Waals surface area contributed by atoms with E-state index in [9.17, 15) is 13.2 Å². The molecule has 0 saturated carbocycles. The maximum Gasteiger partial charge on any atom is 0.422 e. The van der Waals surface area contributed by atoms with E-state index in [4.69, 9.17) is 4.74 Å². The van der Waals surface area contributed by atoms with Crippen LogP contribution in [0.5, 0.6) is 5.75 Å². The van der Waals surface area contributed by atoms with Crippen LogP contribution in [0, 0.1) is 0 Å². The molecule has 134 valence electrons. The van der Waals surface area contributed by atoms with E-state index >= 15 is 0 Å². The molecular formula is C17H24F3N3O. The fourth-order valence-corrected chi connectivity index (χ4v) is 2.09. The highest BCUT2D eigenvalue weighted by molar-refractivity contribution is 5.79. The Bertz CT molecular complexity index is 544. The zero-order valence-corrected chi connectivity index (χ0v) is 14.1. The van der Waals surface area contributed by atoms with Gasteiger partial charge in [0.25, 0.3) is 0 Å². The van der Waals surface area contributed by atoms with E-state index in [1.54, 1.807) is 25.2 Å². The smallest absolute Gasteiger partial charge is 0.422 e. The summed E-state index contributed by atoms with van der Waals surface area (Å²) in [7, 11) is 3.57. The molecular weight excluding hydrogens is 319 g/mol. The Morgan fingerprint density at radius 3 is 2.71 bits per heavy atom. The zero-order chi connectivity index (χ0) is 18.0. The number of hydrogen-bond donors (Lipinski definition) is 1. The molecule has 0 amide bonds. The van der Waals surface area contributed by atoms with Crippen molar-refractivity contribution in [3.8, 4) is 5.75 Å². The first kappa shape index (κ1) is 19.9. The van der Waals surface area contributed by atoms with E-state index in [2.05, 4.69) is 16.9 Å². The molecule has 0 atom stereocenters. The third kappa shape index (κ3) is 7.39. The summed E-state index contributed by atoms with van der Waals surface area (Å²) in [6.45, 7) is 3.51. The summed E-state index contributed by atoms with van der Waals surface area (Å²) in [5.41, 5.74) is 0.641. The number of alkyl halides is 3. The second-order valence-electron chi connectivity index (χ2n) is 5.26. The summed E-state index contributed by atoms with van der Waals surface area (Å²) in [6.07, 6.45) is -0.637. The maximum absolute atomic E-state index is 12.3. The number of para-hydroxylation sites is 1. The highest BCUT2D eigenvalue weighted by Gasteiger charge is 2.28. The van der Waals surface area contributed by atoms with Crippen molar-refractivity contribution in [1.29, 1.82) is 0 Å². The molecule has 0 saturated heterocycles. The molecule has 24 heavy (non-hydrogen) atoms. The first-order valence-corrected chi connectivity index (χ1v) is 7.67. The molecule has 0 bridgehead atoms. The van der Waals surface area contributed by atoms with Gasteiger partial charge in [0.1, 0.15) is 5.75 Å². The lowest BCUT2D eigenvalue weighted by Gasteiger charge is -2.22. The summed E-state index contributed by atoms with van der Waals surface area (Å²) in [5.74, 6) is 0.886. The molecule has 0 aliphatic rings. The Morgan fingerprint density at radius 1 is 1.38 bits per heavy atom. The van der Waals surface area contributed by atoms with Gasteiger partial charge in [0.15, 0.2) is 12.6 Å². The molecule has 0 spiro atoms. The molecule has 1 aromatic rings. The Hall–Kier alpha value is -2.18. The molecule has 0 unspecified atom stereocenters. The van der Waals surface area contributed by atoms with Crippen LogP contribution in [0.4, 0.5) is 13.2 Å². The third-order valence-corrected chi connectivity index (χ3v) is 3.28. The molecule has 1 N–H and O–H groups in total. The van der Waals surface area contributed by atoms with E-state index in [1.807, 2.05) is 18.0 Å². The number of unbranched alkanes of at least 4 members (excludes halogenated alkanes) is 1. The average molecular weight is 343 g/mol. The van der Waals surface area contributed by atoms with Crippen molar-refractivity contribution >= 4 is 5.96 Å². The molecule has 0 aromatic heterocycles. The molecule has 0 aliphatic carbocycles. The Balaban J connectivity index is 2.63. The van der Waals surface area contributed by atoms with Gasteiger partial charge in [-0.3, -0.25) is 4.99 Å². The molecule has 1 aromatic carbocycles. The van der Waals surface area contributed by atoms with E-state index in [-0.39, 0.29) is 5.75 Å². The van der Waals surface area contributed by atoms with E-state index in [1.165, 1.54) is 6.07 Å². The normalized spacial score (nSPS) is 12.0. The van der Waals surface area contributed by atoms with Crippen LogP contribution in [0.2, 0.25) is 0 Å². The van der Waals surface area contributed by atoms with Crippen molar-refractivity contribution < 1.29 is 17.9 Å². The van der Waals surface area contributed by atoms with Crippen molar-refractivity contribution in [2.45, 2.75) is 25.6 Å². The van der Waals surface area contributed by atoms with Crippen molar-refractivity contribution in [1.82, 2.24) is 10.2 Å². The number of nitrogens with zero attached hydrogens (tertiary/aromatic N) is 2. The fraction of sp³-hybridized carbons (Fsp3) is 0.471. The molecule has 1 rings (SSSR count). The lowest BCUT2D eigenvalue weighted by atomic mass is 10.2. The van der Waals surface area contributed by atoms with Crippen LogP contribution in [0.15, 0.2) is 41.9 Å². The minimum atomic E-state index is -4.36.